The lowest BCUT2D eigenvalue weighted by Crippen LogP contribution is -2.17. The Morgan fingerprint density at radius 1 is 0.882 bits per heavy atom. The molecule has 1 heterocycles. The van der Waals surface area contributed by atoms with Crippen molar-refractivity contribution in [3.8, 4) is 5.69 Å². The molecule has 0 atom stereocenters. The Hall–Kier alpha value is -2.35. The minimum Gasteiger partial charge on any atom is -0.283 e. The molecule has 17 heavy (non-hydrogen) atoms. The van der Waals surface area contributed by atoms with Crippen molar-refractivity contribution in [1.82, 2.24) is 4.57 Å². The number of fused-ring (bicyclic) bond motifs is 1. The molecule has 0 N–H and O–H groups in total. The van der Waals surface area contributed by atoms with E-state index in [1.54, 1.807) is 10.8 Å². The summed E-state index contributed by atoms with van der Waals surface area (Å²) in [6.45, 7) is 0. The molecule has 1 aromatic heterocycles. The van der Waals surface area contributed by atoms with Crippen LogP contribution in [0.15, 0.2) is 65.6 Å². The van der Waals surface area contributed by atoms with Crippen molar-refractivity contribution in [3.63, 3.8) is 0 Å². The van der Waals surface area contributed by atoms with Gasteiger partial charge in [-0.3, -0.25) is 9.36 Å². The minimum absolute atomic E-state index is 0.00875. The quantitative estimate of drug-likeness (QED) is 0.618. The minimum atomic E-state index is -0.00875. The van der Waals surface area contributed by atoms with E-state index in [-0.39, 0.29) is 5.56 Å². The molecule has 1 radical (unpaired) electrons. The zero-order valence-electron chi connectivity index (χ0n) is 9.13. The number of hydrogen-bond donors (Lipinski definition) is 0. The summed E-state index contributed by atoms with van der Waals surface area (Å²) in [4.78, 5) is 12.3. The predicted octanol–water partition coefficient (Wildman–Crippen LogP) is 2.79. The van der Waals surface area contributed by atoms with Crippen LogP contribution in [-0.4, -0.2) is 4.57 Å². The van der Waals surface area contributed by atoms with Crippen LogP contribution in [0.1, 0.15) is 0 Å². The van der Waals surface area contributed by atoms with E-state index in [1.807, 2.05) is 54.6 Å². The van der Waals surface area contributed by atoms with Gasteiger partial charge in [-0.25, -0.2) is 0 Å². The second-order valence-electron chi connectivity index (χ2n) is 3.83. The number of pyridine rings is 1. The van der Waals surface area contributed by atoms with Gasteiger partial charge in [0.2, 0.25) is 0 Å². The van der Waals surface area contributed by atoms with Gasteiger partial charge in [-0.2, -0.15) is 0 Å². The Morgan fingerprint density at radius 3 is 2.41 bits per heavy atom. The lowest BCUT2D eigenvalue weighted by molar-refractivity contribution is 1.01. The highest BCUT2D eigenvalue weighted by molar-refractivity contribution is 5.80. The third-order valence-electron chi connectivity index (χ3n) is 2.76. The van der Waals surface area contributed by atoms with E-state index >= 15 is 0 Å². The van der Waals surface area contributed by atoms with Crippen LogP contribution in [-0.2, 0) is 0 Å². The molecule has 0 aliphatic rings. The number of rotatable bonds is 1. The first-order chi connectivity index (χ1) is 8.36. The third kappa shape index (κ3) is 1.64. The highest BCUT2D eigenvalue weighted by atomic mass is 16.1. The van der Waals surface area contributed by atoms with E-state index in [0.29, 0.717) is 5.39 Å². The number of benzene rings is 2. The first kappa shape index (κ1) is 9.85. The predicted molar refractivity (Wildman–Crippen MR) is 68.4 cm³/mol. The maximum atomic E-state index is 12.3. The molecule has 0 saturated carbocycles. The van der Waals surface area contributed by atoms with Gasteiger partial charge in [0.25, 0.3) is 5.56 Å². The Labute approximate surface area is 98.8 Å². The Morgan fingerprint density at radius 2 is 1.59 bits per heavy atom. The lowest BCUT2D eigenvalue weighted by Gasteiger charge is -2.06. The SMILES string of the molecule is O=c1c2ccccc2[c]cn1-c1ccccc1. The standard InChI is InChI=1S/C15H10NO/c17-15-14-9-5-4-6-12(14)10-11-16(15)13-7-2-1-3-8-13/h1-9,11H. The molecule has 0 saturated heterocycles. The molecule has 0 unspecified atom stereocenters. The lowest BCUT2D eigenvalue weighted by atomic mass is 10.2. The molecule has 0 fully saturated rings. The van der Waals surface area contributed by atoms with E-state index < -0.39 is 0 Å². The molecule has 2 heteroatoms. The molecule has 0 spiro atoms. The first-order valence-electron chi connectivity index (χ1n) is 5.44. The van der Waals surface area contributed by atoms with E-state index in [9.17, 15) is 4.79 Å². The second kappa shape index (κ2) is 3.91. The van der Waals surface area contributed by atoms with Crippen molar-refractivity contribution in [1.29, 1.82) is 0 Å². The molecule has 0 amide bonds. The highest BCUT2D eigenvalue weighted by Crippen LogP contribution is 2.10. The maximum Gasteiger partial charge on any atom is 0.262 e. The van der Waals surface area contributed by atoms with Crippen LogP contribution in [0, 0.1) is 6.07 Å². The van der Waals surface area contributed by atoms with Crippen LogP contribution in [0.25, 0.3) is 16.5 Å². The first-order valence-corrected chi connectivity index (χ1v) is 5.44. The van der Waals surface area contributed by atoms with Crippen molar-refractivity contribution in [2.45, 2.75) is 0 Å². The highest BCUT2D eigenvalue weighted by Gasteiger charge is 2.03. The summed E-state index contributed by atoms with van der Waals surface area (Å²) < 4.78 is 1.61. The van der Waals surface area contributed by atoms with Crippen molar-refractivity contribution < 1.29 is 0 Å². The van der Waals surface area contributed by atoms with E-state index in [1.165, 1.54) is 0 Å². The summed E-state index contributed by atoms with van der Waals surface area (Å²) in [5.74, 6) is 0. The van der Waals surface area contributed by atoms with Crippen LogP contribution < -0.4 is 5.56 Å². The topological polar surface area (TPSA) is 22.0 Å². The summed E-state index contributed by atoms with van der Waals surface area (Å²) in [6.07, 6.45) is 1.69. The Kier molecular flexibility index (Phi) is 2.26. The van der Waals surface area contributed by atoms with Gasteiger partial charge in [0.1, 0.15) is 0 Å². The van der Waals surface area contributed by atoms with Gasteiger partial charge < -0.3 is 0 Å². The zero-order chi connectivity index (χ0) is 11.7. The van der Waals surface area contributed by atoms with E-state index in [2.05, 4.69) is 6.07 Å². The van der Waals surface area contributed by atoms with Crippen LogP contribution in [0.5, 0.6) is 0 Å². The average molecular weight is 220 g/mol. The molecule has 3 rings (SSSR count). The molecule has 2 aromatic carbocycles. The fourth-order valence-corrected chi connectivity index (χ4v) is 1.90. The van der Waals surface area contributed by atoms with Gasteiger partial charge in [0.15, 0.2) is 0 Å². The van der Waals surface area contributed by atoms with Crippen molar-refractivity contribution in [2.24, 2.45) is 0 Å². The monoisotopic (exact) mass is 220 g/mol. The molecule has 81 valence electrons. The average Bonchev–Trinajstić information content (AvgIpc) is 2.40. The number of aromatic nitrogens is 1. The summed E-state index contributed by atoms with van der Waals surface area (Å²) in [5, 5.41) is 1.54. The summed E-state index contributed by atoms with van der Waals surface area (Å²) in [5.41, 5.74) is 0.852. The van der Waals surface area contributed by atoms with E-state index in [4.69, 9.17) is 0 Å². The van der Waals surface area contributed by atoms with Crippen LogP contribution in [0.3, 0.4) is 0 Å². The van der Waals surface area contributed by atoms with Crippen molar-refractivity contribution in [3.05, 3.63) is 77.2 Å². The van der Waals surface area contributed by atoms with Gasteiger partial charge in [-0.15, -0.1) is 0 Å². The van der Waals surface area contributed by atoms with Crippen LogP contribution in [0.2, 0.25) is 0 Å². The molecule has 0 aliphatic heterocycles. The van der Waals surface area contributed by atoms with Gasteiger partial charge in [-0.1, -0.05) is 36.4 Å². The fraction of sp³-hybridized carbons (Fsp3) is 0. The van der Waals surface area contributed by atoms with Gasteiger partial charge in [-0.05, 0) is 23.6 Å². The molecule has 2 nitrogen and oxygen atoms in total. The molecular weight excluding hydrogens is 210 g/mol. The summed E-state index contributed by atoms with van der Waals surface area (Å²) in [6, 6.07) is 20.2. The van der Waals surface area contributed by atoms with Gasteiger partial charge in [0, 0.05) is 23.3 Å². The largest absolute Gasteiger partial charge is 0.283 e. The molecule has 0 aliphatic carbocycles. The number of hydrogen-bond acceptors (Lipinski definition) is 1. The number of nitrogens with zero attached hydrogens (tertiary/aromatic N) is 1. The third-order valence-corrected chi connectivity index (χ3v) is 2.76. The summed E-state index contributed by atoms with van der Waals surface area (Å²) in [7, 11) is 0. The molecular formula is C15H10NO. The molecule has 3 aromatic rings. The Bertz CT molecular complexity index is 714. The normalized spacial score (nSPS) is 10.6. The summed E-state index contributed by atoms with van der Waals surface area (Å²) >= 11 is 0. The molecule has 0 bridgehead atoms. The Balaban J connectivity index is 2.33. The van der Waals surface area contributed by atoms with Crippen molar-refractivity contribution in [2.75, 3.05) is 0 Å². The number of para-hydroxylation sites is 1. The van der Waals surface area contributed by atoms with Crippen LogP contribution >= 0.6 is 0 Å². The van der Waals surface area contributed by atoms with Crippen LogP contribution in [0.4, 0.5) is 0 Å². The second-order valence-corrected chi connectivity index (χ2v) is 3.83. The van der Waals surface area contributed by atoms with Crippen molar-refractivity contribution >= 4 is 10.8 Å². The van der Waals surface area contributed by atoms with Gasteiger partial charge >= 0.3 is 0 Å². The van der Waals surface area contributed by atoms with Gasteiger partial charge in [0.05, 0.1) is 0 Å². The van der Waals surface area contributed by atoms with E-state index in [0.717, 1.165) is 11.1 Å². The maximum absolute atomic E-state index is 12.3. The zero-order valence-corrected chi connectivity index (χ0v) is 9.13. The fourth-order valence-electron chi connectivity index (χ4n) is 1.90. The smallest absolute Gasteiger partial charge is 0.262 e.